The molecule has 0 amide bonds. The van der Waals surface area contributed by atoms with Crippen LogP contribution in [0.2, 0.25) is 0 Å². The summed E-state index contributed by atoms with van der Waals surface area (Å²) in [5.41, 5.74) is 5.36. The topological polar surface area (TPSA) is 92.3 Å². The van der Waals surface area contributed by atoms with E-state index in [2.05, 4.69) is 38.1 Å². The average molecular weight is 512 g/mol. The van der Waals surface area contributed by atoms with Crippen molar-refractivity contribution in [2.45, 2.75) is 31.7 Å². The number of nitrogens with zero attached hydrogens (tertiary/aromatic N) is 7. The summed E-state index contributed by atoms with van der Waals surface area (Å²) in [6.07, 6.45) is 9.37. The van der Waals surface area contributed by atoms with Crippen LogP contribution in [-0.2, 0) is 7.05 Å². The fraction of sp³-hybridized carbons (Fsp3) is 0.379. The van der Waals surface area contributed by atoms with E-state index in [9.17, 15) is 0 Å². The van der Waals surface area contributed by atoms with E-state index in [4.69, 9.17) is 19.7 Å². The lowest BCUT2D eigenvalue weighted by atomic mass is 10.1. The predicted molar refractivity (Wildman–Crippen MR) is 148 cm³/mol. The van der Waals surface area contributed by atoms with E-state index in [1.165, 1.54) is 6.42 Å². The van der Waals surface area contributed by atoms with Gasteiger partial charge in [0.2, 0.25) is 0 Å². The van der Waals surface area contributed by atoms with Crippen LogP contribution in [0.25, 0.3) is 22.3 Å². The van der Waals surface area contributed by atoms with Crippen molar-refractivity contribution in [3.05, 3.63) is 55.0 Å². The number of fused-ring (bicyclic) bond motifs is 1. The minimum Gasteiger partial charge on any atom is -0.497 e. The molecule has 196 valence electrons. The van der Waals surface area contributed by atoms with Gasteiger partial charge in [0.25, 0.3) is 0 Å². The summed E-state index contributed by atoms with van der Waals surface area (Å²) in [5.74, 6) is 1.47. The van der Waals surface area contributed by atoms with Crippen molar-refractivity contribution >= 4 is 22.4 Å². The van der Waals surface area contributed by atoms with Crippen molar-refractivity contribution in [3.8, 4) is 28.8 Å². The molecule has 9 nitrogen and oxygen atoms in total. The third-order valence-electron chi connectivity index (χ3n) is 7.19. The zero-order chi connectivity index (χ0) is 26.5. The quantitative estimate of drug-likeness (QED) is 0.295. The number of aromatic nitrogens is 4. The summed E-state index contributed by atoms with van der Waals surface area (Å²) in [4.78, 5) is 14.4. The SMILES string of the molecule is COc1cc(OC)cc(N(CCN2CCC[C@@H]2CCC#N)c2ccc3ncc(-c4cnn(C)c4)nc3c2)c1. The highest BCUT2D eigenvalue weighted by Gasteiger charge is 2.25. The van der Waals surface area contributed by atoms with Gasteiger partial charge in [-0.05, 0) is 44.0 Å². The molecule has 5 rings (SSSR count). The van der Waals surface area contributed by atoms with Gasteiger partial charge in [-0.2, -0.15) is 10.4 Å². The van der Waals surface area contributed by atoms with Gasteiger partial charge in [0.05, 0.1) is 49.4 Å². The maximum absolute atomic E-state index is 9.09. The highest BCUT2D eigenvalue weighted by molar-refractivity contribution is 5.82. The van der Waals surface area contributed by atoms with Crippen molar-refractivity contribution in [2.75, 3.05) is 38.8 Å². The van der Waals surface area contributed by atoms with Crippen LogP contribution >= 0.6 is 0 Å². The largest absolute Gasteiger partial charge is 0.497 e. The molecule has 2 aromatic carbocycles. The maximum Gasteiger partial charge on any atom is 0.124 e. The molecule has 0 radical (unpaired) electrons. The molecule has 1 atom stereocenters. The van der Waals surface area contributed by atoms with Crippen LogP contribution in [0.1, 0.15) is 25.7 Å². The maximum atomic E-state index is 9.09. The normalized spacial score (nSPS) is 15.5. The van der Waals surface area contributed by atoms with E-state index in [0.29, 0.717) is 12.5 Å². The van der Waals surface area contributed by atoms with Gasteiger partial charge in [-0.1, -0.05) is 0 Å². The molecule has 0 N–H and O–H groups in total. The summed E-state index contributed by atoms with van der Waals surface area (Å²) in [7, 11) is 5.22. The first-order valence-electron chi connectivity index (χ1n) is 13.0. The van der Waals surface area contributed by atoms with Crippen LogP contribution in [-0.4, -0.2) is 64.5 Å². The molecule has 1 fully saturated rings. The monoisotopic (exact) mass is 511 g/mol. The number of methoxy groups -OCH3 is 2. The second-order valence-electron chi connectivity index (χ2n) is 9.58. The second kappa shape index (κ2) is 11.5. The first kappa shape index (κ1) is 25.5. The van der Waals surface area contributed by atoms with E-state index >= 15 is 0 Å². The molecule has 0 unspecified atom stereocenters. The minimum atomic E-state index is 0.459. The first-order valence-corrected chi connectivity index (χ1v) is 13.0. The molecule has 0 saturated carbocycles. The molecular weight excluding hydrogens is 478 g/mol. The summed E-state index contributed by atoms with van der Waals surface area (Å²) >= 11 is 0. The number of aryl methyl sites for hydroxylation is 1. The molecule has 0 aliphatic carbocycles. The molecular formula is C29H33N7O2. The second-order valence-corrected chi connectivity index (χ2v) is 9.58. The van der Waals surface area contributed by atoms with E-state index < -0.39 is 0 Å². The van der Waals surface area contributed by atoms with Gasteiger partial charge in [-0.3, -0.25) is 14.6 Å². The Balaban J connectivity index is 1.50. The predicted octanol–water partition coefficient (Wildman–Crippen LogP) is 4.95. The van der Waals surface area contributed by atoms with Crippen LogP contribution in [0.5, 0.6) is 11.5 Å². The molecule has 2 aromatic heterocycles. The van der Waals surface area contributed by atoms with Crippen LogP contribution in [0.4, 0.5) is 11.4 Å². The van der Waals surface area contributed by atoms with Gasteiger partial charge in [0.15, 0.2) is 0 Å². The van der Waals surface area contributed by atoms with E-state index in [-0.39, 0.29) is 0 Å². The summed E-state index contributed by atoms with van der Waals surface area (Å²) in [6.45, 7) is 2.71. The van der Waals surface area contributed by atoms with Gasteiger partial charge in [0.1, 0.15) is 11.5 Å². The Bertz CT molecular complexity index is 1420. The summed E-state index contributed by atoms with van der Waals surface area (Å²) < 4.78 is 12.9. The lowest BCUT2D eigenvalue weighted by Crippen LogP contribution is -2.36. The zero-order valence-electron chi connectivity index (χ0n) is 22.2. The number of hydrogen-bond donors (Lipinski definition) is 0. The van der Waals surface area contributed by atoms with E-state index in [1.807, 2.05) is 37.5 Å². The molecule has 1 saturated heterocycles. The highest BCUT2D eigenvalue weighted by Crippen LogP contribution is 2.34. The molecule has 3 heterocycles. The molecule has 9 heteroatoms. The average Bonchev–Trinajstić information content (AvgIpc) is 3.59. The Kier molecular flexibility index (Phi) is 7.70. The van der Waals surface area contributed by atoms with Crippen molar-refractivity contribution < 1.29 is 9.47 Å². The van der Waals surface area contributed by atoms with Crippen molar-refractivity contribution in [1.82, 2.24) is 24.6 Å². The van der Waals surface area contributed by atoms with Crippen LogP contribution in [0, 0.1) is 11.3 Å². The zero-order valence-corrected chi connectivity index (χ0v) is 22.2. The van der Waals surface area contributed by atoms with Crippen LogP contribution in [0.3, 0.4) is 0 Å². The standard InChI is InChI=1S/C29H33N7O2/c1-34-20-21(18-32-34)29-19-31-27-9-8-23(16-28(27)33-29)36(24-14-25(37-2)17-26(15-24)38-3)13-12-35-11-5-7-22(35)6-4-10-30/h8-9,14-20,22H,4-7,11-13H2,1-3H3/t22-/m0/s1. The summed E-state index contributed by atoms with van der Waals surface area (Å²) in [6, 6.07) is 14.9. The fourth-order valence-electron chi connectivity index (χ4n) is 5.19. The first-order chi connectivity index (χ1) is 18.6. The number of rotatable bonds is 10. The Labute approximate surface area is 223 Å². The van der Waals surface area contributed by atoms with Crippen molar-refractivity contribution in [3.63, 3.8) is 0 Å². The molecule has 4 aromatic rings. The number of ether oxygens (including phenoxy) is 2. The summed E-state index contributed by atoms with van der Waals surface area (Å²) in [5, 5.41) is 13.4. The number of benzene rings is 2. The smallest absolute Gasteiger partial charge is 0.124 e. The van der Waals surface area contributed by atoms with Crippen molar-refractivity contribution in [1.29, 1.82) is 5.26 Å². The lowest BCUT2D eigenvalue weighted by molar-refractivity contribution is 0.251. The van der Waals surface area contributed by atoms with E-state index in [1.54, 1.807) is 31.3 Å². The number of anilines is 2. The fourth-order valence-corrected chi connectivity index (χ4v) is 5.19. The van der Waals surface area contributed by atoms with Gasteiger partial charge < -0.3 is 14.4 Å². The van der Waals surface area contributed by atoms with Gasteiger partial charge >= 0.3 is 0 Å². The minimum absolute atomic E-state index is 0.459. The molecule has 1 aliphatic heterocycles. The molecule has 38 heavy (non-hydrogen) atoms. The Morgan fingerprint density at radius 1 is 1.05 bits per heavy atom. The molecule has 1 aliphatic rings. The van der Waals surface area contributed by atoms with E-state index in [0.717, 1.165) is 77.6 Å². The van der Waals surface area contributed by atoms with Gasteiger partial charge in [-0.25, -0.2) is 4.98 Å². The van der Waals surface area contributed by atoms with Gasteiger partial charge in [-0.15, -0.1) is 0 Å². The Morgan fingerprint density at radius 2 is 1.87 bits per heavy atom. The van der Waals surface area contributed by atoms with Gasteiger partial charge in [0, 0.05) is 73.9 Å². The van der Waals surface area contributed by atoms with Crippen LogP contribution < -0.4 is 14.4 Å². The number of nitriles is 1. The number of hydrogen-bond acceptors (Lipinski definition) is 8. The number of likely N-dealkylation sites (tertiary alicyclic amines) is 1. The Hall–Kier alpha value is -4.16. The lowest BCUT2D eigenvalue weighted by Gasteiger charge is -2.30. The highest BCUT2D eigenvalue weighted by atomic mass is 16.5. The third kappa shape index (κ3) is 5.55. The van der Waals surface area contributed by atoms with Crippen LogP contribution in [0.15, 0.2) is 55.0 Å². The molecule has 0 bridgehead atoms. The molecule has 0 spiro atoms. The van der Waals surface area contributed by atoms with Crippen molar-refractivity contribution in [2.24, 2.45) is 7.05 Å². The Morgan fingerprint density at radius 3 is 2.58 bits per heavy atom. The third-order valence-corrected chi connectivity index (χ3v) is 7.19.